The third-order valence-electron chi connectivity index (χ3n) is 1.91. The summed E-state index contributed by atoms with van der Waals surface area (Å²) in [5.41, 5.74) is 0. The summed E-state index contributed by atoms with van der Waals surface area (Å²) >= 11 is 0. The van der Waals surface area contributed by atoms with Crippen LogP contribution >= 0.6 is 0 Å². The third-order valence-corrected chi connectivity index (χ3v) is 1.91. The van der Waals surface area contributed by atoms with Gasteiger partial charge in [-0.3, -0.25) is 0 Å². The standard InChI is InChI=1S/C7H13NO/c1-2-8(9)6-4-3-5-7-8/h2H,1,3-7H2. The molecule has 1 aliphatic rings. The van der Waals surface area contributed by atoms with Crippen LogP contribution in [0.25, 0.3) is 0 Å². The van der Waals surface area contributed by atoms with Crippen molar-refractivity contribution in [2.75, 3.05) is 13.1 Å². The highest BCUT2D eigenvalue weighted by molar-refractivity contribution is 4.62. The Balaban J connectivity index is 2.46. The molecule has 0 amide bonds. The van der Waals surface area contributed by atoms with Gasteiger partial charge in [-0.25, -0.2) is 0 Å². The van der Waals surface area contributed by atoms with E-state index < -0.39 is 0 Å². The van der Waals surface area contributed by atoms with Crippen LogP contribution in [0.1, 0.15) is 19.3 Å². The fourth-order valence-electron chi connectivity index (χ4n) is 1.23. The zero-order valence-corrected chi connectivity index (χ0v) is 5.68. The van der Waals surface area contributed by atoms with Crippen molar-refractivity contribution in [3.05, 3.63) is 18.0 Å². The van der Waals surface area contributed by atoms with Crippen LogP contribution in [0.4, 0.5) is 0 Å². The van der Waals surface area contributed by atoms with Crippen LogP contribution in [-0.4, -0.2) is 17.7 Å². The lowest BCUT2D eigenvalue weighted by molar-refractivity contribution is -0.834. The monoisotopic (exact) mass is 127 g/mol. The molecule has 0 bridgehead atoms. The smallest absolute Gasteiger partial charge is 0.0885 e. The van der Waals surface area contributed by atoms with Crippen LogP contribution in [0, 0.1) is 5.21 Å². The molecular formula is C7H13NO. The molecule has 1 saturated heterocycles. The van der Waals surface area contributed by atoms with Crippen molar-refractivity contribution >= 4 is 0 Å². The lowest BCUT2D eigenvalue weighted by Crippen LogP contribution is -2.40. The molecule has 0 radical (unpaired) electrons. The molecule has 0 aromatic carbocycles. The lowest BCUT2D eigenvalue weighted by Gasteiger charge is -2.41. The average Bonchev–Trinajstić information content (AvgIpc) is 1.90. The molecule has 0 atom stereocenters. The normalized spacial score (nSPS) is 25.4. The quantitative estimate of drug-likeness (QED) is 0.388. The summed E-state index contributed by atoms with van der Waals surface area (Å²) in [4.78, 5) is 0. The van der Waals surface area contributed by atoms with Crippen molar-refractivity contribution in [3.63, 3.8) is 0 Å². The van der Waals surface area contributed by atoms with Crippen LogP contribution in [0.2, 0.25) is 0 Å². The van der Waals surface area contributed by atoms with Gasteiger partial charge in [-0.15, -0.1) is 0 Å². The number of nitrogens with zero attached hydrogens (tertiary/aromatic N) is 1. The maximum absolute atomic E-state index is 11.3. The van der Waals surface area contributed by atoms with Gasteiger partial charge in [0.2, 0.25) is 0 Å². The second-order valence-corrected chi connectivity index (χ2v) is 2.64. The zero-order valence-electron chi connectivity index (χ0n) is 5.68. The number of hydrogen-bond acceptors (Lipinski definition) is 1. The first-order valence-corrected chi connectivity index (χ1v) is 3.48. The molecule has 1 heterocycles. The van der Waals surface area contributed by atoms with E-state index in [0.717, 1.165) is 25.9 Å². The summed E-state index contributed by atoms with van der Waals surface area (Å²) in [6.07, 6.45) is 4.86. The van der Waals surface area contributed by atoms with E-state index in [-0.39, 0.29) is 4.65 Å². The highest BCUT2D eigenvalue weighted by atomic mass is 16.5. The first-order chi connectivity index (χ1) is 4.27. The highest BCUT2D eigenvalue weighted by Crippen LogP contribution is 2.16. The Bertz CT molecular complexity index is 105. The predicted molar refractivity (Wildman–Crippen MR) is 37.4 cm³/mol. The Morgan fingerprint density at radius 1 is 1.22 bits per heavy atom. The fourth-order valence-corrected chi connectivity index (χ4v) is 1.23. The van der Waals surface area contributed by atoms with E-state index in [0.29, 0.717) is 0 Å². The van der Waals surface area contributed by atoms with E-state index >= 15 is 0 Å². The number of hydrogen-bond donors (Lipinski definition) is 0. The summed E-state index contributed by atoms with van der Waals surface area (Å²) in [6.45, 7) is 4.99. The van der Waals surface area contributed by atoms with Gasteiger partial charge < -0.3 is 9.85 Å². The van der Waals surface area contributed by atoms with Gasteiger partial charge in [-0.2, -0.15) is 0 Å². The molecular weight excluding hydrogens is 114 g/mol. The van der Waals surface area contributed by atoms with Gasteiger partial charge in [0, 0.05) is 0 Å². The molecule has 1 rings (SSSR count). The molecule has 2 nitrogen and oxygen atoms in total. The Kier molecular flexibility index (Phi) is 1.88. The van der Waals surface area contributed by atoms with E-state index in [1.54, 1.807) is 0 Å². The fraction of sp³-hybridized carbons (Fsp3) is 0.714. The second kappa shape index (κ2) is 2.50. The molecule has 9 heavy (non-hydrogen) atoms. The lowest BCUT2D eigenvalue weighted by atomic mass is 10.1. The highest BCUT2D eigenvalue weighted by Gasteiger charge is 2.16. The van der Waals surface area contributed by atoms with Gasteiger partial charge in [0.15, 0.2) is 0 Å². The molecule has 52 valence electrons. The van der Waals surface area contributed by atoms with Crippen molar-refractivity contribution < 1.29 is 4.65 Å². The molecule has 0 aromatic rings. The van der Waals surface area contributed by atoms with Crippen LogP contribution in [-0.2, 0) is 0 Å². The minimum atomic E-state index is -0.167. The van der Waals surface area contributed by atoms with E-state index in [4.69, 9.17) is 0 Å². The summed E-state index contributed by atoms with van der Waals surface area (Å²) in [7, 11) is 0. The number of likely N-dealkylation sites (tertiary alicyclic amines) is 1. The molecule has 0 spiro atoms. The number of quaternary nitrogens is 1. The predicted octanol–water partition coefficient (Wildman–Crippen LogP) is 1.63. The van der Waals surface area contributed by atoms with Crippen molar-refractivity contribution in [2.45, 2.75) is 19.3 Å². The van der Waals surface area contributed by atoms with Crippen molar-refractivity contribution in [1.29, 1.82) is 0 Å². The van der Waals surface area contributed by atoms with Crippen LogP contribution in [0.3, 0.4) is 0 Å². The molecule has 1 aliphatic heterocycles. The van der Waals surface area contributed by atoms with E-state index in [1.807, 2.05) is 0 Å². The van der Waals surface area contributed by atoms with Gasteiger partial charge in [-0.1, -0.05) is 0 Å². The number of rotatable bonds is 1. The molecule has 0 unspecified atom stereocenters. The third kappa shape index (κ3) is 1.53. The summed E-state index contributed by atoms with van der Waals surface area (Å²) in [5, 5.41) is 11.3. The maximum atomic E-state index is 11.3. The maximum Gasteiger partial charge on any atom is 0.0885 e. The molecule has 2 heteroatoms. The molecule has 0 saturated carbocycles. The molecule has 0 aliphatic carbocycles. The van der Waals surface area contributed by atoms with Gasteiger partial charge >= 0.3 is 0 Å². The average molecular weight is 127 g/mol. The van der Waals surface area contributed by atoms with Crippen molar-refractivity contribution in [2.24, 2.45) is 0 Å². The Hall–Kier alpha value is -0.340. The number of piperidine rings is 1. The largest absolute Gasteiger partial charge is 0.628 e. The first-order valence-electron chi connectivity index (χ1n) is 3.48. The van der Waals surface area contributed by atoms with Gasteiger partial charge in [-0.05, 0) is 25.8 Å². The van der Waals surface area contributed by atoms with E-state index in [2.05, 4.69) is 6.58 Å². The minimum Gasteiger partial charge on any atom is -0.628 e. The van der Waals surface area contributed by atoms with E-state index in [1.165, 1.54) is 12.6 Å². The van der Waals surface area contributed by atoms with Crippen LogP contribution < -0.4 is 0 Å². The second-order valence-electron chi connectivity index (χ2n) is 2.64. The van der Waals surface area contributed by atoms with Crippen LogP contribution in [0.15, 0.2) is 12.8 Å². The Labute approximate surface area is 56.0 Å². The molecule has 0 aromatic heterocycles. The van der Waals surface area contributed by atoms with Gasteiger partial charge in [0.05, 0.1) is 19.3 Å². The van der Waals surface area contributed by atoms with Crippen molar-refractivity contribution in [1.82, 2.24) is 0 Å². The number of hydroxylamine groups is 3. The summed E-state index contributed by atoms with van der Waals surface area (Å²) in [5.74, 6) is 0. The zero-order chi connectivity index (χ0) is 6.74. The van der Waals surface area contributed by atoms with Gasteiger partial charge in [0.1, 0.15) is 0 Å². The summed E-state index contributed by atoms with van der Waals surface area (Å²) < 4.78 is -0.167. The molecule has 1 fully saturated rings. The minimum absolute atomic E-state index is 0.167. The first kappa shape index (κ1) is 6.78. The Morgan fingerprint density at radius 3 is 2.11 bits per heavy atom. The van der Waals surface area contributed by atoms with Crippen LogP contribution in [0.5, 0.6) is 0 Å². The summed E-state index contributed by atoms with van der Waals surface area (Å²) in [6, 6.07) is 0. The van der Waals surface area contributed by atoms with Gasteiger partial charge in [0.25, 0.3) is 0 Å². The SMILES string of the molecule is C=C[N+]1([O-])CCCCC1. The topological polar surface area (TPSA) is 23.1 Å². The van der Waals surface area contributed by atoms with E-state index in [9.17, 15) is 5.21 Å². The molecule has 0 N–H and O–H groups in total. The van der Waals surface area contributed by atoms with Crippen molar-refractivity contribution in [3.8, 4) is 0 Å². The Morgan fingerprint density at radius 2 is 1.78 bits per heavy atom.